The van der Waals surface area contributed by atoms with E-state index in [1.165, 1.54) is 18.5 Å². The van der Waals surface area contributed by atoms with Crippen molar-refractivity contribution in [2.24, 2.45) is 0 Å². The molecule has 1 heterocycles. The van der Waals surface area contributed by atoms with Crippen molar-refractivity contribution < 1.29 is 0 Å². The van der Waals surface area contributed by atoms with Crippen LogP contribution in [0.2, 0.25) is 0 Å². The molecule has 1 aromatic rings. The van der Waals surface area contributed by atoms with Crippen molar-refractivity contribution in [3.05, 3.63) is 23.5 Å². The highest BCUT2D eigenvalue weighted by Gasteiger charge is 2.24. The minimum atomic E-state index is 0.731. The van der Waals surface area contributed by atoms with Gasteiger partial charge in [-0.05, 0) is 25.8 Å². The van der Waals surface area contributed by atoms with Gasteiger partial charge in [0.05, 0.1) is 0 Å². The van der Waals surface area contributed by atoms with Gasteiger partial charge in [-0.2, -0.15) is 0 Å². The third kappa shape index (κ3) is 1.30. The van der Waals surface area contributed by atoms with E-state index in [4.69, 9.17) is 7.85 Å². The zero-order valence-electron chi connectivity index (χ0n) is 6.67. The Bertz CT molecular complexity index is 279. The molecule has 2 radical (unpaired) electrons. The van der Waals surface area contributed by atoms with E-state index in [9.17, 15) is 0 Å². The molecule has 1 fully saturated rings. The Kier molecular flexibility index (Phi) is 1.48. The number of hydrogen-bond donors (Lipinski definition) is 0. The van der Waals surface area contributed by atoms with Gasteiger partial charge in [-0.1, -0.05) is 11.0 Å². The van der Waals surface area contributed by atoms with Gasteiger partial charge in [0.1, 0.15) is 7.85 Å². The second kappa shape index (κ2) is 2.37. The molecule has 0 bridgehead atoms. The zero-order valence-corrected chi connectivity index (χ0v) is 6.67. The zero-order chi connectivity index (χ0) is 7.84. The lowest BCUT2D eigenvalue weighted by Crippen LogP contribution is -2.08. The first kappa shape index (κ1) is 6.90. The van der Waals surface area contributed by atoms with Crippen LogP contribution < -0.4 is 5.46 Å². The Morgan fingerprint density at radius 3 is 2.82 bits per heavy atom. The summed E-state index contributed by atoms with van der Waals surface area (Å²) in [7, 11) is 5.65. The van der Waals surface area contributed by atoms with Crippen LogP contribution in [-0.2, 0) is 0 Å². The minimum Gasteiger partial charge on any atom is -0.262 e. The summed E-state index contributed by atoms with van der Waals surface area (Å²) in [6, 6.07) is 2.10. The van der Waals surface area contributed by atoms with Crippen molar-refractivity contribution in [2.45, 2.75) is 25.7 Å². The van der Waals surface area contributed by atoms with Gasteiger partial charge in [-0.3, -0.25) is 4.98 Å². The molecule has 1 aliphatic carbocycles. The molecule has 2 rings (SSSR count). The van der Waals surface area contributed by atoms with Crippen LogP contribution in [0.5, 0.6) is 0 Å². The quantitative estimate of drug-likeness (QED) is 0.535. The molecule has 0 aromatic carbocycles. The summed E-state index contributed by atoms with van der Waals surface area (Å²) in [5.41, 5.74) is 3.17. The van der Waals surface area contributed by atoms with E-state index >= 15 is 0 Å². The van der Waals surface area contributed by atoms with Gasteiger partial charge in [0.25, 0.3) is 0 Å². The molecule has 0 spiro atoms. The Morgan fingerprint density at radius 2 is 2.27 bits per heavy atom. The molecule has 0 unspecified atom stereocenters. The fraction of sp³-hybridized carbons (Fsp3) is 0.444. The summed E-state index contributed by atoms with van der Waals surface area (Å²) in [5.74, 6) is 0.731. The molecule has 1 nitrogen and oxygen atoms in total. The Hall–Kier alpha value is -0.785. The predicted molar refractivity (Wildman–Crippen MR) is 46.3 cm³/mol. The number of hydrogen-bond acceptors (Lipinski definition) is 1. The number of rotatable bonds is 1. The van der Waals surface area contributed by atoms with Crippen molar-refractivity contribution in [1.82, 2.24) is 4.98 Å². The van der Waals surface area contributed by atoms with Crippen molar-refractivity contribution in [1.29, 1.82) is 0 Å². The van der Waals surface area contributed by atoms with Gasteiger partial charge in [-0.15, -0.1) is 0 Å². The van der Waals surface area contributed by atoms with Crippen LogP contribution in [0.15, 0.2) is 12.3 Å². The molecule has 54 valence electrons. The summed E-state index contributed by atoms with van der Waals surface area (Å²) < 4.78 is 0. The predicted octanol–water partition coefficient (Wildman–Crippen LogP) is 1.06. The minimum absolute atomic E-state index is 0.731. The third-order valence-electron chi connectivity index (χ3n) is 2.17. The van der Waals surface area contributed by atoms with Crippen LogP contribution in [0.25, 0.3) is 0 Å². The molecule has 1 aliphatic rings. The van der Waals surface area contributed by atoms with Crippen LogP contribution in [-0.4, -0.2) is 12.8 Å². The molecule has 0 amide bonds. The standard InChI is InChI=1S/C9H10BN/c1-6-4-9(7-2-3-7)11-5-8(6)10/h4-5,7H,2-3H2,1H3. The SMILES string of the molecule is [B]c1cnc(C2CC2)cc1C. The summed E-state index contributed by atoms with van der Waals surface area (Å²) in [6.07, 6.45) is 4.37. The maximum absolute atomic E-state index is 5.65. The maximum atomic E-state index is 5.65. The number of nitrogens with zero attached hydrogens (tertiary/aromatic N) is 1. The Labute approximate surface area is 68.3 Å². The molecular formula is C9H10BN. The largest absolute Gasteiger partial charge is 0.262 e. The molecule has 0 atom stereocenters. The van der Waals surface area contributed by atoms with Crippen LogP contribution in [0.1, 0.15) is 30.0 Å². The van der Waals surface area contributed by atoms with Crippen molar-refractivity contribution in [2.75, 3.05) is 0 Å². The lowest BCUT2D eigenvalue weighted by atomic mass is 9.93. The second-order valence-corrected chi connectivity index (χ2v) is 3.24. The normalized spacial score (nSPS) is 16.8. The lowest BCUT2D eigenvalue weighted by Gasteiger charge is -2.01. The first-order chi connectivity index (χ1) is 5.27. The average Bonchev–Trinajstić information content (AvgIpc) is 2.77. The molecule has 2 heteroatoms. The van der Waals surface area contributed by atoms with Crippen LogP contribution in [0, 0.1) is 6.92 Å². The van der Waals surface area contributed by atoms with E-state index in [0.29, 0.717) is 0 Å². The highest BCUT2D eigenvalue weighted by Crippen LogP contribution is 2.38. The van der Waals surface area contributed by atoms with Gasteiger partial charge < -0.3 is 0 Å². The fourth-order valence-electron chi connectivity index (χ4n) is 1.19. The topological polar surface area (TPSA) is 12.9 Å². The summed E-state index contributed by atoms with van der Waals surface area (Å²) in [5, 5.41) is 0. The van der Waals surface area contributed by atoms with Gasteiger partial charge in [-0.25, -0.2) is 0 Å². The number of aromatic nitrogens is 1. The van der Waals surface area contributed by atoms with Gasteiger partial charge in [0, 0.05) is 17.8 Å². The molecular weight excluding hydrogens is 133 g/mol. The molecule has 0 saturated heterocycles. The van der Waals surface area contributed by atoms with Crippen LogP contribution in [0.4, 0.5) is 0 Å². The number of aryl methyl sites for hydroxylation is 1. The maximum Gasteiger partial charge on any atom is 0.116 e. The van der Waals surface area contributed by atoms with E-state index in [2.05, 4.69) is 11.1 Å². The lowest BCUT2D eigenvalue weighted by molar-refractivity contribution is 1.02. The Balaban J connectivity index is 2.36. The summed E-state index contributed by atoms with van der Waals surface area (Å²) in [6.45, 7) is 2.03. The first-order valence-corrected chi connectivity index (χ1v) is 3.99. The first-order valence-electron chi connectivity index (χ1n) is 3.99. The Morgan fingerprint density at radius 1 is 1.55 bits per heavy atom. The van der Waals surface area contributed by atoms with E-state index in [1.807, 2.05) is 6.92 Å². The van der Waals surface area contributed by atoms with E-state index in [1.54, 1.807) is 6.20 Å². The smallest absolute Gasteiger partial charge is 0.116 e. The van der Waals surface area contributed by atoms with Crippen molar-refractivity contribution in [3.8, 4) is 0 Å². The summed E-state index contributed by atoms with van der Waals surface area (Å²) in [4.78, 5) is 4.28. The van der Waals surface area contributed by atoms with Gasteiger partial charge in [0.2, 0.25) is 0 Å². The molecule has 1 aromatic heterocycles. The number of pyridine rings is 1. The molecule has 0 N–H and O–H groups in total. The highest BCUT2D eigenvalue weighted by atomic mass is 14.7. The van der Waals surface area contributed by atoms with E-state index in [-0.39, 0.29) is 0 Å². The van der Waals surface area contributed by atoms with E-state index in [0.717, 1.165) is 16.9 Å². The molecule has 11 heavy (non-hydrogen) atoms. The van der Waals surface area contributed by atoms with Gasteiger partial charge >= 0.3 is 0 Å². The monoisotopic (exact) mass is 143 g/mol. The molecule has 1 saturated carbocycles. The second-order valence-electron chi connectivity index (χ2n) is 3.24. The fourth-order valence-corrected chi connectivity index (χ4v) is 1.19. The van der Waals surface area contributed by atoms with Crippen molar-refractivity contribution in [3.63, 3.8) is 0 Å². The van der Waals surface area contributed by atoms with E-state index < -0.39 is 0 Å². The average molecular weight is 143 g/mol. The van der Waals surface area contributed by atoms with Gasteiger partial charge in [0.15, 0.2) is 0 Å². The highest BCUT2D eigenvalue weighted by molar-refractivity contribution is 6.33. The summed E-state index contributed by atoms with van der Waals surface area (Å²) >= 11 is 0. The molecule has 0 aliphatic heterocycles. The van der Waals surface area contributed by atoms with Crippen LogP contribution >= 0.6 is 0 Å². The third-order valence-corrected chi connectivity index (χ3v) is 2.17. The van der Waals surface area contributed by atoms with Crippen LogP contribution in [0.3, 0.4) is 0 Å². The van der Waals surface area contributed by atoms with Crippen molar-refractivity contribution >= 4 is 13.3 Å².